The lowest BCUT2D eigenvalue weighted by Gasteiger charge is -2.13. The molecular formula is C17H14F3N5O2. The predicted octanol–water partition coefficient (Wildman–Crippen LogP) is 2.56. The molecule has 7 nitrogen and oxygen atoms in total. The molecule has 27 heavy (non-hydrogen) atoms. The SMILES string of the molecule is O=C(Cn1nnc(-c2ccccc2)n1)NCc1ccccc1OC(F)(F)F. The van der Waals surface area contributed by atoms with Crippen molar-refractivity contribution >= 4 is 5.91 Å². The summed E-state index contributed by atoms with van der Waals surface area (Å²) in [5.41, 5.74) is 0.946. The van der Waals surface area contributed by atoms with Gasteiger partial charge in [-0.25, -0.2) is 0 Å². The number of aromatic nitrogens is 4. The molecule has 0 bridgehead atoms. The number of nitrogens with zero attached hydrogens (tertiary/aromatic N) is 4. The van der Waals surface area contributed by atoms with Crippen molar-refractivity contribution in [2.45, 2.75) is 19.5 Å². The van der Waals surface area contributed by atoms with Gasteiger partial charge in [-0.3, -0.25) is 4.79 Å². The standard InChI is InChI=1S/C17H14F3N5O2/c18-17(19,20)27-14-9-5-4-8-13(14)10-21-15(26)11-25-23-16(22-24-25)12-6-2-1-3-7-12/h1-9H,10-11H2,(H,21,26). The van der Waals surface area contributed by atoms with Crippen LogP contribution in [-0.2, 0) is 17.9 Å². The molecule has 1 aromatic heterocycles. The van der Waals surface area contributed by atoms with Crippen molar-refractivity contribution < 1.29 is 22.7 Å². The number of carbonyl (C=O) groups is 1. The molecule has 1 heterocycles. The predicted molar refractivity (Wildman–Crippen MR) is 88.2 cm³/mol. The average molecular weight is 377 g/mol. The van der Waals surface area contributed by atoms with E-state index in [1.54, 1.807) is 18.2 Å². The van der Waals surface area contributed by atoms with Gasteiger partial charge in [0.05, 0.1) is 0 Å². The molecular weight excluding hydrogens is 363 g/mol. The highest BCUT2D eigenvalue weighted by Gasteiger charge is 2.31. The van der Waals surface area contributed by atoms with Crippen LogP contribution in [0.1, 0.15) is 5.56 Å². The molecule has 0 saturated heterocycles. The van der Waals surface area contributed by atoms with Crippen LogP contribution in [-0.4, -0.2) is 32.5 Å². The summed E-state index contributed by atoms with van der Waals surface area (Å²) in [4.78, 5) is 13.1. The molecule has 0 atom stereocenters. The molecule has 3 aromatic rings. The van der Waals surface area contributed by atoms with E-state index in [9.17, 15) is 18.0 Å². The maximum absolute atomic E-state index is 12.4. The minimum absolute atomic E-state index is 0.134. The minimum atomic E-state index is -4.81. The van der Waals surface area contributed by atoms with E-state index in [1.807, 2.05) is 18.2 Å². The minimum Gasteiger partial charge on any atom is -0.405 e. The van der Waals surface area contributed by atoms with Gasteiger partial charge in [0.2, 0.25) is 11.7 Å². The van der Waals surface area contributed by atoms with Crippen molar-refractivity contribution in [1.82, 2.24) is 25.5 Å². The molecule has 1 amide bonds. The lowest BCUT2D eigenvalue weighted by molar-refractivity contribution is -0.274. The molecule has 0 radical (unpaired) electrons. The van der Waals surface area contributed by atoms with Gasteiger partial charge in [0.25, 0.3) is 0 Å². The van der Waals surface area contributed by atoms with Gasteiger partial charge in [-0.1, -0.05) is 48.5 Å². The maximum atomic E-state index is 12.4. The highest BCUT2D eigenvalue weighted by molar-refractivity contribution is 5.75. The largest absolute Gasteiger partial charge is 0.573 e. The normalized spacial score (nSPS) is 11.2. The summed E-state index contributed by atoms with van der Waals surface area (Å²) in [5.74, 6) is -0.475. The van der Waals surface area contributed by atoms with Gasteiger partial charge in [0, 0.05) is 17.7 Å². The molecule has 0 saturated carbocycles. The Balaban J connectivity index is 1.59. The molecule has 140 valence electrons. The molecule has 0 aliphatic carbocycles. The van der Waals surface area contributed by atoms with Crippen LogP contribution < -0.4 is 10.1 Å². The lowest BCUT2D eigenvalue weighted by Crippen LogP contribution is -2.28. The van der Waals surface area contributed by atoms with Crippen LogP contribution in [0.25, 0.3) is 11.4 Å². The summed E-state index contributed by atoms with van der Waals surface area (Å²) in [6.07, 6.45) is -4.81. The second-order valence-corrected chi connectivity index (χ2v) is 5.44. The smallest absolute Gasteiger partial charge is 0.405 e. The highest BCUT2D eigenvalue weighted by Crippen LogP contribution is 2.26. The van der Waals surface area contributed by atoms with Crippen molar-refractivity contribution in [3.63, 3.8) is 0 Å². The number of amides is 1. The van der Waals surface area contributed by atoms with E-state index in [1.165, 1.54) is 18.2 Å². The molecule has 0 fully saturated rings. The molecule has 3 rings (SSSR count). The van der Waals surface area contributed by atoms with Crippen LogP contribution in [0.3, 0.4) is 0 Å². The number of rotatable bonds is 6. The van der Waals surface area contributed by atoms with Gasteiger partial charge in [0.1, 0.15) is 12.3 Å². The summed E-state index contributed by atoms with van der Waals surface area (Å²) in [6, 6.07) is 14.7. The van der Waals surface area contributed by atoms with Gasteiger partial charge < -0.3 is 10.1 Å². The van der Waals surface area contributed by atoms with E-state index < -0.39 is 12.3 Å². The number of nitrogens with one attached hydrogen (secondary N) is 1. The van der Waals surface area contributed by atoms with Gasteiger partial charge >= 0.3 is 6.36 Å². The zero-order valence-electron chi connectivity index (χ0n) is 13.8. The Labute approximate surface area is 151 Å². The molecule has 1 N–H and O–H groups in total. The summed E-state index contributed by atoms with van der Waals surface area (Å²) >= 11 is 0. The summed E-state index contributed by atoms with van der Waals surface area (Å²) in [7, 11) is 0. The van der Waals surface area contributed by atoms with Gasteiger partial charge in [-0.05, 0) is 11.3 Å². The van der Waals surface area contributed by atoms with E-state index in [4.69, 9.17) is 0 Å². The van der Waals surface area contributed by atoms with E-state index in [0.717, 1.165) is 10.4 Å². The molecule has 0 aliphatic rings. The Morgan fingerprint density at radius 3 is 2.52 bits per heavy atom. The molecule has 2 aromatic carbocycles. The molecule has 10 heteroatoms. The van der Waals surface area contributed by atoms with E-state index in [0.29, 0.717) is 5.82 Å². The van der Waals surface area contributed by atoms with Crippen molar-refractivity contribution in [3.8, 4) is 17.1 Å². The molecule has 0 unspecified atom stereocenters. The molecule has 0 aliphatic heterocycles. The van der Waals surface area contributed by atoms with E-state index in [-0.39, 0.29) is 24.4 Å². The summed E-state index contributed by atoms with van der Waals surface area (Å²) in [5, 5.41) is 14.3. The second kappa shape index (κ2) is 7.85. The van der Waals surface area contributed by atoms with Crippen LogP contribution in [0.4, 0.5) is 13.2 Å². The number of carbonyl (C=O) groups excluding carboxylic acids is 1. The van der Waals surface area contributed by atoms with Gasteiger partial charge in [-0.2, -0.15) is 4.80 Å². The highest BCUT2D eigenvalue weighted by atomic mass is 19.4. The number of tetrazole rings is 1. The Morgan fingerprint density at radius 1 is 1.07 bits per heavy atom. The van der Waals surface area contributed by atoms with Gasteiger partial charge in [-0.15, -0.1) is 23.4 Å². The Bertz CT molecular complexity index is 912. The maximum Gasteiger partial charge on any atom is 0.573 e. The monoisotopic (exact) mass is 377 g/mol. The summed E-state index contributed by atoms with van der Waals surface area (Å²) in [6.45, 7) is -0.354. The first-order valence-corrected chi connectivity index (χ1v) is 7.84. The fraction of sp³-hybridized carbons (Fsp3) is 0.176. The Hall–Kier alpha value is -3.43. The quantitative estimate of drug-likeness (QED) is 0.714. The first-order valence-electron chi connectivity index (χ1n) is 7.84. The van der Waals surface area contributed by atoms with Crippen LogP contribution in [0.5, 0.6) is 5.75 Å². The zero-order chi connectivity index (χ0) is 19.3. The third-order valence-electron chi connectivity index (χ3n) is 3.44. The Morgan fingerprint density at radius 2 is 1.78 bits per heavy atom. The fourth-order valence-corrected chi connectivity index (χ4v) is 2.27. The fourth-order valence-electron chi connectivity index (χ4n) is 2.27. The van der Waals surface area contributed by atoms with E-state index >= 15 is 0 Å². The van der Waals surface area contributed by atoms with Crippen molar-refractivity contribution in [2.75, 3.05) is 0 Å². The molecule has 0 spiro atoms. The number of benzene rings is 2. The number of ether oxygens (including phenoxy) is 1. The van der Waals surface area contributed by atoms with Crippen molar-refractivity contribution in [1.29, 1.82) is 0 Å². The first-order chi connectivity index (χ1) is 12.9. The topological polar surface area (TPSA) is 81.9 Å². The second-order valence-electron chi connectivity index (χ2n) is 5.44. The van der Waals surface area contributed by atoms with Crippen LogP contribution in [0.2, 0.25) is 0 Å². The zero-order valence-corrected chi connectivity index (χ0v) is 13.8. The number of para-hydroxylation sites is 1. The van der Waals surface area contributed by atoms with Crippen molar-refractivity contribution in [2.24, 2.45) is 0 Å². The van der Waals surface area contributed by atoms with Crippen LogP contribution in [0.15, 0.2) is 54.6 Å². The number of alkyl halides is 3. The number of hydrogen-bond donors (Lipinski definition) is 1. The van der Waals surface area contributed by atoms with Crippen molar-refractivity contribution in [3.05, 3.63) is 60.2 Å². The average Bonchev–Trinajstić information content (AvgIpc) is 3.09. The van der Waals surface area contributed by atoms with Gasteiger partial charge in [0.15, 0.2) is 0 Å². The first kappa shape index (κ1) is 18.4. The third kappa shape index (κ3) is 5.27. The summed E-state index contributed by atoms with van der Waals surface area (Å²) < 4.78 is 41.2. The van der Waals surface area contributed by atoms with Crippen LogP contribution in [0, 0.1) is 0 Å². The van der Waals surface area contributed by atoms with Crippen LogP contribution >= 0.6 is 0 Å². The number of hydrogen-bond acceptors (Lipinski definition) is 5. The Kier molecular flexibility index (Phi) is 5.34. The lowest BCUT2D eigenvalue weighted by atomic mass is 10.2. The number of halogens is 3. The van der Waals surface area contributed by atoms with E-state index in [2.05, 4.69) is 25.5 Å². The third-order valence-corrected chi connectivity index (χ3v) is 3.44.